The van der Waals surface area contributed by atoms with Crippen LogP contribution < -0.4 is 5.73 Å². The Hall–Kier alpha value is -0.450. The summed E-state index contributed by atoms with van der Waals surface area (Å²) in [4.78, 5) is 7.09. The van der Waals surface area contributed by atoms with E-state index >= 15 is 0 Å². The van der Waals surface area contributed by atoms with Crippen LogP contribution in [-0.4, -0.2) is 29.0 Å². The highest BCUT2D eigenvalue weighted by atomic mass is 32.1. The maximum atomic E-state index is 5.97. The summed E-state index contributed by atoms with van der Waals surface area (Å²) >= 11 is 1.78. The molecule has 0 spiro atoms. The van der Waals surface area contributed by atoms with Crippen molar-refractivity contribution in [1.29, 1.82) is 0 Å². The lowest BCUT2D eigenvalue weighted by Crippen LogP contribution is -2.42. The SMILES string of the molecule is CC(C)c1nc(CN2CCCC(N)C2)cs1. The van der Waals surface area contributed by atoms with E-state index < -0.39 is 0 Å². The minimum absolute atomic E-state index is 0.358. The van der Waals surface area contributed by atoms with Gasteiger partial charge in [0.25, 0.3) is 0 Å². The van der Waals surface area contributed by atoms with Crippen molar-refractivity contribution < 1.29 is 0 Å². The van der Waals surface area contributed by atoms with Crippen LogP contribution in [0.5, 0.6) is 0 Å². The number of likely N-dealkylation sites (tertiary alicyclic amines) is 1. The number of thiazole rings is 1. The van der Waals surface area contributed by atoms with Crippen LogP contribution in [0.3, 0.4) is 0 Å². The third-order valence-corrected chi connectivity index (χ3v) is 4.19. The molecule has 1 aliphatic rings. The number of nitrogens with two attached hydrogens (primary N) is 1. The van der Waals surface area contributed by atoms with E-state index in [4.69, 9.17) is 5.73 Å². The first kappa shape index (κ1) is 12.0. The zero-order valence-corrected chi connectivity index (χ0v) is 11.0. The summed E-state index contributed by atoms with van der Waals surface area (Å²) < 4.78 is 0. The van der Waals surface area contributed by atoms with E-state index in [1.165, 1.54) is 30.1 Å². The van der Waals surface area contributed by atoms with Gasteiger partial charge in [0.1, 0.15) is 0 Å². The van der Waals surface area contributed by atoms with E-state index in [2.05, 4.69) is 29.1 Å². The molecule has 2 N–H and O–H groups in total. The van der Waals surface area contributed by atoms with Gasteiger partial charge in [-0.25, -0.2) is 4.98 Å². The van der Waals surface area contributed by atoms with E-state index in [1.54, 1.807) is 11.3 Å². The summed E-state index contributed by atoms with van der Waals surface area (Å²) in [7, 11) is 0. The average molecular weight is 239 g/mol. The van der Waals surface area contributed by atoms with Gasteiger partial charge in [0.15, 0.2) is 0 Å². The fourth-order valence-corrected chi connectivity index (χ4v) is 2.95. The molecule has 1 atom stereocenters. The zero-order chi connectivity index (χ0) is 11.5. The monoisotopic (exact) mass is 239 g/mol. The van der Waals surface area contributed by atoms with E-state index in [1.807, 2.05) is 0 Å². The number of nitrogens with zero attached hydrogens (tertiary/aromatic N) is 2. The number of aromatic nitrogens is 1. The largest absolute Gasteiger partial charge is 0.327 e. The van der Waals surface area contributed by atoms with Gasteiger partial charge in [-0.05, 0) is 19.4 Å². The van der Waals surface area contributed by atoms with Crippen LogP contribution >= 0.6 is 11.3 Å². The first-order chi connectivity index (χ1) is 7.65. The maximum Gasteiger partial charge on any atom is 0.0954 e. The van der Waals surface area contributed by atoms with Crippen molar-refractivity contribution >= 4 is 11.3 Å². The Labute approximate surface area is 102 Å². The predicted molar refractivity (Wildman–Crippen MR) is 68.7 cm³/mol. The zero-order valence-electron chi connectivity index (χ0n) is 10.1. The van der Waals surface area contributed by atoms with Crippen LogP contribution in [0.4, 0.5) is 0 Å². The molecule has 1 unspecified atom stereocenters. The normalized spacial score (nSPS) is 22.9. The third kappa shape index (κ3) is 3.03. The van der Waals surface area contributed by atoms with Gasteiger partial charge in [-0.1, -0.05) is 13.8 Å². The lowest BCUT2D eigenvalue weighted by atomic mass is 10.1. The molecular formula is C12H21N3S. The number of rotatable bonds is 3. The standard InChI is InChI=1S/C12H21N3S/c1-9(2)12-14-11(8-16-12)7-15-5-3-4-10(13)6-15/h8-10H,3-7,13H2,1-2H3. The molecule has 0 aliphatic carbocycles. The second-order valence-corrected chi connectivity index (χ2v) is 5.86. The molecule has 1 fully saturated rings. The van der Waals surface area contributed by atoms with Crippen LogP contribution in [0.25, 0.3) is 0 Å². The fourth-order valence-electron chi connectivity index (χ4n) is 2.12. The molecule has 90 valence electrons. The van der Waals surface area contributed by atoms with Gasteiger partial charge >= 0.3 is 0 Å². The van der Waals surface area contributed by atoms with Crippen molar-refractivity contribution in [3.05, 3.63) is 16.1 Å². The molecule has 0 radical (unpaired) electrons. The Balaban J connectivity index is 1.92. The van der Waals surface area contributed by atoms with E-state index in [0.717, 1.165) is 13.1 Å². The molecule has 1 aromatic heterocycles. The van der Waals surface area contributed by atoms with Gasteiger partial charge in [0.05, 0.1) is 10.7 Å². The van der Waals surface area contributed by atoms with E-state index in [-0.39, 0.29) is 0 Å². The van der Waals surface area contributed by atoms with Gasteiger partial charge < -0.3 is 5.73 Å². The lowest BCUT2D eigenvalue weighted by molar-refractivity contribution is 0.199. The summed E-state index contributed by atoms with van der Waals surface area (Å²) in [5, 5.41) is 3.44. The number of piperidine rings is 1. The van der Waals surface area contributed by atoms with Crippen LogP contribution in [-0.2, 0) is 6.54 Å². The second-order valence-electron chi connectivity index (χ2n) is 4.97. The Morgan fingerprint density at radius 3 is 3.06 bits per heavy atom. The molecule has 2 heterocycles. The van der Waals surface area contributed by atoms with Gasteiger partial charge in [-0.15, -0.1) is 11.3 Å². The molecule has 0 bridgehead atoms. The Morgan fingerprint density at radius 1 is 1.62 bits per heavy atom. The first-order valence-electron chi connectivity index (χ1n) is 6.07. The summed E-state index contributed by atoms with van der Waals surface area (Å²) in [5.74, 6) is 0.544. The maximum absolute atomic E-state index is 5.97. The molecule has 3 nitrogen and oxygen atoms in total. The minimum atomic E-state index is 0.358. The molecule has 0 saturated carbocycles. The Bertz CT molecular complexity index is 335. The molecule has 16 heavy (non-hydrogen) atoms. The summed E-state index contributed by atoms with van der Waals surface area (Å²) in [6, 6.07) is 0.358. The molecule has 1 aliphatic heterocycles. The van der Waals surface area contributed by atoms with Crippen molar-refractivity contribution in [2.75, 3.05) is 13.1 Å². The average Bonchev–Trinajstić information content (AvgIpc) is 2.66. The van der Waals surface area contributed by atoms with Crippen LogP contribution in [0.15, 0.2) is 5.38 Å². The van der Waals surface area contributed by atoms with Gasteiger partial charge in [-0.2, -0.15) is 0 Å². The van der Waals surface area contributed by atoms with Crippen LogP contribution in [0.1, 0.15) is 43.3 Å². The fraction of sp³-hybridized carbons (Fsp3) is 0.750. The highest BCUT2D eigenvalue weighted by molar-refractivity contribution is 7.09. The molecule has 1 saturated heterocycles. The van der Waals surface area contributed by atoms with Crippen LogP contribution in [0.2, 0.25) is 0 Å². The van der Waals surface area contributed by atoms with Crippen molar-refractivity contribution in [2.24, 2.45) is 5.73 Å². The van der Waals surface area contributed by atoms with Gasteiger partial charge in [0, 0.05) is 30.4 Å². The van der Waals surface area contributed by atoms with Gasteiger partial charge in [0.2, 0.25) is 0 Å². The molecule has 0 aromatic carbocycles. The molecule has 1 aromatic rings. The van der Waals surface area contributed by atoms with E-state index in [0.29, 0.717) is 12.0 Å². The van der Waals surface area contributed by atoms with Gasteiger partial charge in [-0.3, -0.25) is 4.90 Å². The smallest absolute Gasteiger partial charge is 0.0954 e. The van der Waals surface area contributed by atoms with E-state index in [9.17, 15) is 0 Å². The topological polar surface area (TPSA) is 42.2 Å². The molecular weight excluding hydrogens is 218 g/mol. The van der Waals surface area contributed by atoms with Crippen molar-refractivity contribution in [1.82, 2.24) is 9.88 Å². The quantitative estimate of drug-likeness (QED) is 0.879. The second kappa shape index (κ2) is 5.25. The van der Waals surface area contributed by atoms with Crippen molar-refractivity contribution in [2.45, 2.75) is 45.2 Å². The van der Waals surface area contributed by atoms with Crippen molar-refractivity contribution in [3.63, 3.8) is 0 Å². The molecule has 4 heteroatoms. The minimum Gasteiger partial charge on any atom is -0.327 e. The summed E-state index contributed by atoms with van der Waals surface area (Å²) in [5.41, 5.74) is 7.18. The molecule has 2 rings (SSSR count). The lowest BCUT2D eigenvalue weighted by Gasteiger charge is -2.29. The molecule has 0 amide bonds. The predicted octanol–water partition coefficient (Wildman–Crippen LogP) is 2.19. The summed E-state index contributed by atoms with van der Waals surface area (Å²) in [6.45, 7) is 7.55. The summed E-state index contributed by atoms with van der Waals surface area (Å²) in [6.07, 6.45) is 2.40. The Kier molecular flexibility index (Phi) is 3.95. The van der Waals surface area contributed by atoms with Crippen LogP contribution in [0, 0.1) is 0 Å². The third-order valence-electron chi connectivity index (χ3n) is 2.99. The van der Waals surface area contributed by atoms with Crippen molar-refractivity contribution in [3.8, 4) is 0 Å². The highest BCUT2D eigenvalue weighted by Crippen LogP contribution is 2.20. The first-order valence-corrected chi connectivity index (χ1v) is 6.95. The number of hydrogen-bond donors (Lipinski definition) is 1. The Morgan fingerprint density at radius 2 is 2.44 bits per heavy atom. The highest BCUT2D eigenvalue weighted by Gasteiger charge is 2.17. The number of hydrogen-bond acceptors (Lipinski definition) is 4.